The van der Waals surface area contributed by atoms with E-state index in [1.807, 2.05) is 43.6 Å². The van der Waals surface area contributed by atoms with Gasteiger partial charge in [0.1, 0.15) is 5.82 Å². The Bertz CT molecular complexity index is 1200. The van der Waals surface area contributed by atoms with Gasteiger partial charge in [0.25, 0.3) is 0 Å². The lowest BCUT2D eigenvalue weighted by Crippen LogP contribution is -2.44. The van der Waals surface area contributed by atoms with Crippen LogP contribution in [0.3, 0.4) is 0 Å². The Morgan fingerprint density at radius 1 is 1.25 bits per heavy atom. The summed E-state index contributed by atoms with van der Waals surface area (Å²) in [7, 11) is 1.83. The number of benzene rings is 1. The van der Waals surface area contributed by atoms with Gasteiger partial charge in [-0.25, -0.2) is 14.8 Å². The van der Waals surface area contributed by atoms with Crippen molar-refractivity contribution in [2.24, 2.45) is 12.8 Å². The molecular weight excluding hydrogens is 480 g/mol. The van der Waals surface area contributed by atoms with Crippen molar-refractivity contribution in [1.82, 2.24) is 25.1 Å². The van der Waals surface area contributed by atoms with E-state index in [0.29, 0.717) is 37.0 Å². The first-order valence-electron chi connectivity index (χ1n) is 11.6. The van der Waals surface area contributed by atoms with Crippen LogP contribution < -0.4 is 21.3 Å². The molecule has 2 aromatic heterocycles. The molecule has 0 radical (unpaired) electrons. The zero-order valence-corrected chi connectivity index (χ0v) is 21.1. The minimum atomic E-state index is -0.358. The van der Waals surface area contributed by atoms with Gasteiger partial charge in [-0.15, -0.1) is 11.8 Å². The summed E-state index contributed by atoms with van der Waals surface area (Å²) < 4.78 is 7.26. The van der Waals surface area contributed by atoms with Gasteiger partial charge in [0, 0.05) is 55.0 Å². The molecule has 1 aliphatic heterocycles. The molecule has 3 amide bonds. The highest BCUT2D eigenvalue weighted by molar-refractivity contribution is 7.99. The smallest absolute Gasteiger partial charge is 0.319 e. The molecule has 36 heavy (non-hydrogen) atoms. The first-order chi connectivity index (χ1) is 17.4. The number of nitrogens with one attached hydrogen (secondary N) is 2. The van der Waals surface area contributed by atoms with Crippen molar-refractivity contribution in [2.75, 3.05) is 35.7 Å². The SMILES string of the molecule is C[C@H]1COCCN1c1cc(CSCC(N)=O)nc(-c2ccc(NC(=O)NCc3cnn(C)c3)cc2)n1. The maximum Gasteiger partial charge on any atom is 0.319 e. The molecule has 11 nitrogen and oxygen atoms in total. The molecule has 190 valence electrons. The predicted octanol–water partition coefficient (Wildman–Crippen LogP) is 2.14. The second kappa shape index (κ2) is 11.9. The van der Waals surface area contributed by atoms with Crippen molar-refractivity contribution >= 4 is 35.2 Å². The number of rotatable bonds is 9. The Morgan fingerprint density at radius 2 is 2.06 bits per heavy atom. The molecule has 1 aliphatic rings. The summed E-state index contributed by atoms with van der Waals surface area (Å²) >= 11 is 1.42. The lowest BCUT2D eigenvalue weighted by Gasteiger charge is -2.34. The third-order valence-electron chi connectivity index (χ3n) is 5.53. The van der Waals surface area contributed by atoms with Crippen LogP contribution in [0, 0.1) is 0 Å². The zero-order valence-electron chi connectivity index (χ0n) is 20.3. The summed E-state index contributed by atoms with van der Waals surface area (Å²) in [5.74, 6) is 1.81. The molecule has 1 fully saturated rings. The van der Waals surface area contributed by atoms with Gasteiger partial charge in [-0.2, -0.15) is 5.10 Å². The Hall–Kier alpha value is -3.64. The molecule has 1 aromatic carbocycles. The van der Waals surface area contributed by atoms with Crippen LogP contribution in [0.25, 0.3) is 11.4 Å². The van der Waals surface area contributed by atoms with E-state index in [2.05, 4.69) is 27.6 Å². The summed E-state index contributed by atoms with van der Waals surface area (Å²) in [6.07, 6.45) is 3.56. The fraction of sp³-hybridized carbons (Fsp3) is 0.375. The van der Waals surface area contributed by atoms with Gasteiger partial charge in [0.05, 0.1) is 36.9 Å². The minimum absolute atomic E-state index is 0.185. The van der Waals surface area contributed by atoms with Crippen LogP contribution in [-0.2, 0) is 28.9 Å². The van der Waals surface area contributed by atoms with E-state index in [9.17, 15) is 9.59 Å². The van der Waals surface area contributed by atoms with Crippen LogP contribution in [0.1, 0.15) is 18.2 Å². The molecule has 0 bridgehead atoms. The predicted molar refractivity (Wildman–Crippen MR) is 140 cm³/mol. The topological polar surface area (TPSA) is 140 Å². The zero-order chi connectivity index (χ0) is 25.5. The van der Waals surface area contributed by atoms with E-state index in [4.69, 9.17) is 20.4 Å². The summed E-state index contributed by atoms with van der Waals surface area (Å²) in [5.41, 5.74) is 8.49. The Morgan fingerprint density at radius 3 is 2.75 bits per heavy atom. The number of hydrogen-bond acceptors (Lipinski definition) is 8. The average Bonchev–Trinajstić information content (AvgIpc) is 3.28. The first kappa shape index (κ1) is 25.5. The number of ether oxygens (including phenoxy) is 1. The van der Waals surface area contributed by atoms with Crippen LogP contribution in [0.4, 0.5) is 16.3 Å². The van der Waals surface area contributed by atoms with Crippen molar-refractivity contribution in [1.29, 1.82) is 0 Å². The molecule has 3 heterocycles. The summed E-state index contributed by atoms with van der Waals surface area (Å²) in [5, 5.41) is 9.73. The standard InChI is InChI=1S/C24H30N8O3S/c1-16-13-35-8-7-32(16)22-9-20(14-36-15-21(25)33)28-23(30-22)18-3-5-19(6-4-18)29-24(34)26-10-17-11-27-31(2)12-17/h3-6,9,11-12,16H,7-8,10,13-15H2,1-2H3,(H2,25,33)(H2,26,29,34)/t16-/m0/s1. The number of amides is 3. The van der Waals surface area contributed by atoms with Crippen LogP contribution in [0.2, 0.25) is 0 Å². The Balaban J connectivity index is 1.47. The number of thioether (sulfide) groups is 1. The number of nitrogens with two attached hydrogens (primary N) is 1. The molecule has 1 atom stereocenters. The summed E-state index contributed by atoms with van der Waals surface area (Å²) in [6.45, 7) is 4.49. The Labute approximate surface area is 213 Å². The van der Waals surface area contributed by atoms with Crippen molar-refractivity contribution in [2.45, 2.75) is 25.3 Å². The Kier molecular flexibility index (Phi) is 8.39. The maximum atomic E-state index is 12.3. The number of aryl methyl sites for hydroxylation is 1. The fourth-order valence-corrected chi connectivity index (χ4v) is 4.44. The largest absolute Gasteiger partial charge is 0.377 e. The van der Waals surface area contributed by atoms with Gasteiger partial charge < -0.3 is 26.0 Å². The van der Waals surface area contributed by atoms with E-state index < -0.39 is 0 Å². The van der Waals surface area contributed by atoms with Gasteiger partial charge in [0.2, 0.25) is 5.91 Å². The van der Waals surface area contributed by atoms with Gasteiger partial charge in [-0.1, -0.05) is 0 Å². The number of carbonyl (C=O) groups is 2. The maximum absolute atomic E-state index is 12.3. The number of aromatic nitrogens is 4. The minimum Gasteiger partial charge on any atom is -0.377 e. The van der Waals surface area contributed by atoms with Crippen molar-refractivity contribution in [3.63, 3.8) is 0 Å². The first-order valence-corrected chi connectivity index (χ1v) is 12.7. The van der Waals surface area contributed by atoms with E-state index in [1.165, 1.54) is 11.8 Å². The lowest BCUT2D eigenvalue weighted by molar-refractivity contribution is -0.115. The number of nitrogens with zero attached hydrogens (tertiary/aromatic N) is 5. The molecule has 4 N–H and O–H groups in total. The van der Waals surface area contributed by atoms with E-state index >= 15 is 0 Å². The van der Waals surface area contributed by atoms with Gasteiger partial charge in [-0.05, 0) is 31.2 Å². The van der Waals surface area contributed by atoms with E-state index in [0.717, 1.165) is 29.2 Å². The molecule has 0 aliphatic carbocycles. The van der Waals surface area contributed by atoms with Crippen LogP contribution >= 0.6 is 11.8 Å². The number of morpholine rings is 1. The van der Waals surface area contributed by atoms with E-state index in [-0.39, 0.29) is 23.7 Å². The lowest BCUT2D eigenvalue weighted by atomic mass is 10.2. The molecule has 0 spiro atoms. The highest BCUT2D eigenvalue weighted by Gasteiger charge is 2.22. The van der Waals surface area contributed by atoms with Gasteiger partial charge in [-0.3, -0.25) is 9.48 Å². The molecule has 3 aromatic rings. The molecule has 4 rings (SSSR count). The number of urea groups is 1. The fourth-order valence-electron chi connectivity index (χ4n) is 3.78. The third kappa shape index (κ3) is 6.95. The molecular formula is C24H30N8O3S. The number of primary amides is 1. The third-order valence-corrected chi connectivity index (χ3v) is 6.52. The van der Waals surface area contributed by atoms with Crippen LogP contribution in [0.15, 0.2) is 42.7 Å². The summed E-state index contributed by atoms with van der Waals surface area (Å²) in [4.78, 5) is 35.2. The molecule has 0 saturated carbocycles. The monoisotopic (exact) mass is 510 g/mol. The van der Waals surface area contributed by atoms with E-state index in [1.54, 1.807) is 10.9 Å². The highest BCUT2D eigenvalue weighted by atomic mass is 32.2. The highest BCUT2D eigenvalue weighted by Crippen LogP contribution is 2.25. The second-order valence-corrected chi connectivity index (χ2v) is 9.51. The summed E-state index contributed by atoms with van der Waals surface area (Å²) in [6, 6.07) is 9.21. The molecule has 0 unspecified atom stereocenters. The average molecular weight is 511 g/mol. The normalized spacial score (nSPS) is 15.5. The van der Waals surface area contributed by atoms with Crippen LogP contribution in [-0.4, -0.2) is 63.2 Å². The van der Waals surface area contributed by atoms with Gasteiger partial charge in [0.15, 0.2) is 5.82 Å². The number of hydrogen-bond donors (Lipinski definition) is 3. The van der Waals surface area contributed by atoms with Crippen LogP contribution in [0.5, 0.6) is 0 Å². The quantitative estimate of drug-likeness (QED) is 0.398. The molecule has 1 saturated heterocycles. The van der Waals surface area contributed by atoms with Crippen molar-refractivity contribution < 1.29 is 14.3 Å². The second-order valence-electron chi connectivity index (χ2n) is 8.52. The number of anilines is 2. The van der Waals surface area contributed by atoms with Gasteiger partial charge >= 0.3 is 6.03 Å². The molecule has 12 heteroatoms. The van der Waals surface area contributed by atoms with Crippen molar-refractivity contribution in [3.8, 4) is 11.4 Å². The number of carbonyl (C=O) groups excluding carboxylic acids is 2. The van der Waals surface area contributed by atoms with Crippen molar-refractivity contribution in [3.05, 3.63) is 54.0 Å².